The minimum atomic E-state index is 0.230. The van der Waals surface area contributed by atoms with Crippen LogP contribution in [-0.2, 0) is 0 Å². The Morgan fingerprint density at radius 3 is 2.41 bits per heavy atom. The molecule has 6 nitrogen and oxygen atoms in total. The van der Waals surface area contributed by atoms with Gasteiger partial charge in [-0.2, -0.15) is 5.10 Å². The number of methoxy groups -OCH3 is 1. The van der Waals surface area contributed by atoms with Crippen LogP contribution in [0, 0.1) is 0 Å². The molecule has 0 spiro atoms. The molecule has 0 radical (unpaired) electrons. The zero-order chi connectivity index (χ0) is 15.8. The van der Waals surface area contributed by atoms with Crippen LogP contribution in [0.1, 0.15) is 6.92 Å². The monoisotopic (exact) mass is 298 g/mol. The maximum atomic E-state index is 9.29. The van der Waals surface area contributed by atoms with Gasteiger partial charge in [-0.05, 0) is 31.2 Å². The highest BCUT2D eigenvalue weighted by atomic mass is 16.5. The summed E-state index contributed by atoms with van der Waals surface area (Å²) in [6.45, 7) is 1.73. The number of benzene rings is 2. The van der Waals surface area contributed by atoms with Crippen molar-refractivity contribution in [1.82, 2.24) is 5.48 Å². The van der Waals surface area contributed by atoms with Crippen molar-refractivity contribution >= 4 is 22.9 Å². The Morgan fingerprint density at radius 1 is 1.05 bits per heavy atom. The first-order chi connectivity index (χ1) is 10.7. The van der Waals surface area contributed by atoms with Crippen molar-refractivity contribution in [2.45, 2.75) is 6.92 Å². The molecule has 0 heterocycles. The number of hydrazone groups is 1. The zero-order valence-corrected chi connectivity index (χ0v) is 12.4. The van der Waals surface area contributed by atoms with E-state index in [2.05, 4.69) is 21.0 Å². The normalized spacial score (nSPS) is 12.0. The Balaban J connectivity index is 2.21. The van der Waals surface area contributed by atoms with E-state index in [0.717, 1.165) is 5.69 Å². The van der Waals surface area contributed by atoms with Gasteiger partial charge in [0, 0.05) is 0 Å². The number of anilines is 1. The first kappa shape index (κ1) is 15.5. The van der Waals surface area contributed by atoms with Crippen molar-refractivity contribution in [1.29, 1.82) is 0 Å². The van der Waals surface area contributed by atoms with Crippen LogP contribution in [0.25, 0.3) is 0 Å². The van der Waals surface area contributed by atoms with Gasteiger partial charge in [-0.25, -0.2) is 4.99 Å². The maximum Gasteiger partial charge on any atom is 0.173 e. The third-order valence-electron chi connectivity index (χ3n) is 2.89. The van der Waals surface area contributed by atoms with Crippen LogP contribution < -0.4 is 15.6 Å². The van der Waals surface area contributed by atoms with Gasteiger partial charge in [0.2, 0.25) is 0 Å². The van der Waals surface area contributed by atoms with Gasteiger partial charge in [0.25, 0.3) is 0 Å². The summed E-state index contributed by atoms with van der Waals surface area (Å²) in [7, 11) is 1.57. The van der Waals surface area contributed by atoms with Gasteiger partial charge in [0.1, 0.15) is 17.1 Å². The second-order valence-electron chi connectivity index (χ2n) is 4.42. The Morgan fingerprint density at radius 2 is 1.73 bits per heavy atom. The number of nitrogens with one attached hydrogen (secondary N) is 2. The second-order valence-corrected chi connectivity index (χ2v) is 4.42. The van der Waals surface area contributed by atoms with E-state index in [0.29, 0.717) is 17.1 Å². The average Bonchev–Trinajstić information content (AvgIpc) is 2.58. The molecule has 2 aromatic rings. The predicted octanol–water partition coefficient (Wildman–Crippen LogP) is 3.19. The lowest BCUT2D eigenvalue weighted by Crippen LogP contribution is -2.27. The molecule has 114 valence electrons. The number of rotatable bonds is 5. The van der Waals surface area contributed by atoms with E-state index in [4.69, 9.17) is 4.74 Å². The number of para-hydroxylation sites is 3. The van der Waals surface area contributed by atoms with E-state index < -0.39 is 0 Å². The molecule has 0 atom stereocenters. The van der Waals surface area contributed by atoms with E-state index in [-0.39, 0.29) is 5.84 Å². The summed E-state index contributed by atoms with van der Waals surface area (Å²) < 4.78 is 5.23. The molecule has 6 heteroatoms. The lowest BCUT2D eigenvalue weighted by molar-refractivity contribution is 0.236. The fraction of sp³-hybridized carbons (Fsp3) is 0.125. The van der Waals surface area contributed by atoms with Gasteiger partial charge in [-0.3, -0.25) is 16.1 Å². The van der Waals surface area contributed by atoms with E-state index in [1.165, 1.54) is 0 Å². The molecule has 0 aliphatic heterocycles. The maximum absolute atomic E-state index is 9.29. The lowest BCUT2D eigenvalue weighted by atomic mass is 10.3. The minimum absolute atomic E-state index is 0.230. The number of hydrogen-bond donors (Lipinski definition) is 3. The van der Waals surface area contributed by atoms with Gasteiger partial charge >= 0.3 is 0 Å². The van der Waals surface area contributed by atoms with Gasteiger partial charge in [-0.15, -0.1) is 0 Å². The smallest absolute Gasteiger partial charge is 0.173 e. The number of nitrogens with zero attached hydrogens (tertiary/aromatic N) is 2. The molecule has 0 fully saturated rings. The molecule has 0 saturated carbocycles. The molecule has 22 heavy (non-hydrogen) atoms. The molecule has 3 N–H and O–H groups in total. The molecule has 0 bridgehead atoms. The molecule has 0 amide bonds. The number of ether oxygens (including phenoxy) is 1. The Bertz CT molecular complexity index is 669. The molecule has 0 unspecified atom stereocenters. The van der Waals surface area contributed by atoms with Crippen LogP contribution in [0.2, 0.25) is 0 Å². The fourth-order valence-corrected chi connectivity index (χ4v) is 1.74. The summed E-state index contributed by atoms with van der Waals surface area (Å²) in [5.74, 6) is 0.840. The highest BCUT2D eigenvalue weighted by Gasteiger charge is 2.06. The summed E-state index contributed by atoms with van der Waals surface area (Å²) >= 11 is 0. The Hall–Kier alpha value is -2.86. The van der Waals surface area contributed by atoms with Gasteiger partial charge in [0.05, 0.1) is 12.8 Å². The number of amidine groups is 1. The summed E-state index contributed by atoms with van der Waals surface area (Å²) in [5.41, 5.74) is 6.89. The minimum Gasteiger partial charge on any atom is -0.494 e. The quantitative estimate of drug-likeness (QED) is 0.450. The molecular formula is C16H18N4O2. The van der Waals surface area contributed by atoms with Crippen LogP contribution in [0.5, 0.6) is 5.75 Å². The molecule has 0 aliphatic carbocycles. The predicted molar refractivity (Wildman–Crippen MR) is 88.2 cm³/mol. The topological polar surface area (TPSA) is 78.2 Å². The fourth-order valence-electron chi connectivity index (χ4n) is 1.74. The van der Waals surface area contributed by atoms with Crippen molar-refractivity contribution in [2.24, 2.45) is 10.1 Å². The summed E-state index contributed by atoms with van der Waals surface area (Å²) in [5, 5.41) is 13.5. The number of aliphatic imine (C=N–C) groups is 1. The zero-order valence-electron chi connectivity index (χ0n) is 12.4. The number of hydroxylamine groups is 1. The second kappa shape index (κ2) is 7.80. The van der Waals surface area contributed by atoms with Crippen molar-refractivity contribution in [3.8, 4) is 5.75 Å². The van der Waals surface area contributed by atoms with Crippen molar-refractivity contribution in [3.05, 3.63) is 54.6 Å². The molecular weight excluding hydrogens is 280 g/mol. The lowest BCUT2D eigenvalue weighted by Gasteiger charge is -2.08. The summed E-state index contributed by atoms with van der Waals surface area (Å²) in [6, 6.07) is 16.8. The van der Waals surface area contributed by atoms with E-state index >= 15 is 0 Å². The first-order valence-corrected chi connectivity index (χ1v) is 6.72. The molecule has 0 aliphatic rings. The van der Waals surface area contributed by atoms with Gasteiger partial charge in [-0.1, -0.05) is 30.3 Å². The molecule has 0 saturated heterocycles. The van der Waals surface area contributed by atoms with Crippen LogP contribution in [0.15, 0.2) is 64.7 Å². The van der Waals surface area contributed by atoms with Gasteiger partial charge < -0.3 is 4.74 Å². The summed E-state index contributed by atoms with van der Waals surface area (Å²) in [6.07, 6.45) is 0. The molecule has 2 rings (SSSR count). The largest absolute Gasteiger partial charge is 0.494 e. The van der Waals surface area contributed by atoms with Crippen molar-refractivity contribution in [2.75, 3.05) is 12.5 Å². The third-order valence-corrected chi connectivity index (χ3v) is 2.89. The van der Waals surface area contributed by atoms with Crippen molar-refractivity contribution < 1.29 is 9.94 Å². The SMILES string of the molecule is COc1ccccc1N=C(NO)C(C)=NNc1ccccc1. The van der Waals surface area contributed by atoms with Crippen LogP contribution >= 0.6 is 0 Å². The first-order valence-electron chi connectivity index (χ1n) is 6.72. The van der Waals surface area contributed by atoms with Crippen LogP contribution in [0.3, 0.4) is 0 Å². The van der Waals surface area contributed by atoms with Crippen LogP contribution in [-0.4, -0.2) is 23.9 Å². The van der Waals surface area contributed by atoms with E-state index in [1.807, 2.05) is 42.5 Å². The Labute approximate surface area is 129 Å². The van der Waals surface area contributed by atoms with Crippen molar-refractivity contribution in [3.63, 3.8) is 0 Å². The highest BCUT2D eigenvalue weighted by molar-refractivity contribution is 6.40. The third kappa shape index (κ3) is 4.07. The average molecular weight is 298 g/mol. The van der Waals surface area contributed by atoms with Gasteiger partial charge in [0.15, 0.2) is 5.84 Å². The van der Waals surface area contributed by atoms with E-state index in [1.54, 1.807) is 26.2 Å². The Kier molecular flexibility index (Phi) is 5.50. The van der Waals surface area contributed by atoms with E-state index in [9.17, 15) is 5.21 Å². The number of hydrogen-bond acceptors (Lipinski definition) is 5. The highest BCUT2D eigenvalue weighted by Crippen LogP contribution is 2.26. The molecule has 2 aromatic carbocycles. The summed E-state index contributed by atoms with van der Waals surface area (Å²) in [4.78, 5) is 4.32. The molecule has 0 aromatic heterocycles. The van der Waals surface area contributed by atoms with Crippen LogP contribution in [0.4, 0.5) is 11.4 Å². The standard InChI is InChI=1S/C16H18N4O2/c1-12(18-19-13-8-4-3-5-9-13)16(20-21)17-14-10-6-7-11-15(14)22-2/h3-11,19,21H,1-2H3,(H,17,20).